The molecule has 1 N–H and O–H groups in total. The Hall–Kier alpha value is -3.11. The number of likely N-dealkylation sites (tertiary alicyclic amines) is 1. The molecule has 0 saturated carbocycles. The van der Waals surface area contributed by atoms with Gasteiger partial charge in [0.1, 0.15) is 34.8 Å². The molecule has 0 radical (unpaired) electrons. The molecule has 1 heterocycles. The SMILES string of the molecule is CN1C[C@H](c2cc(F)c(C(F)(F)F)c(F)c2)[C@@H](C(=O)Nc2ccc(F)cc2F)C1=O. The highest BCUT2D eigenvalue weighted by molar-refractivity contribution is 6.08. The van der Waals surface area contributed by atoms with Gasteiger partial charge in [-0.2, -0.15) is 13.2 Å². The Bertz CT molecular complexity index is 999. The fraction of sp³-hybridized carbons (Fsp3) is 0.263. The lowest BCUT2D eigenvalue weighted by atomic mass is 9.87. The van der Waals surface area contributed by atoms with Gasteiger partial charge in [-0.05, 0) is 29.8 Å². The second-order valence-corrected chi connectivity index (χ2v) is 6.77. The van der Waals surface area contributed by atoms with Crippen LogP contribution in [-0.2, 0) is 15.8 Å². The van der Waals surface area contributed by atoms with Gasteiger partial charge in [0.25, 0.3) is 0 Å². The van der Waals surface area contributed by atoms with Crippen LogP contribution in [0.5, 0.6) is 0 Å². The second-order valence-electron chi connectivity index (χ2n) is 6.77. The number of amides is 2. The van der Waals surface area contributed by atoms with Crippen LogP contribution < -0.4 is 5.32 Å². The van der Waals surface area contributed by atoms with Crippen molar-refractivity contribution in [2.45, 2.75) is 12.1 Å². The van der Waals surface area contributed by atoms with E-state index in [1.165, 1.54) is 7.05 Å². The summed E-state index contributed by atoms with van der Waals surface area (Å²) in [6.45, 7) is -0.215. The number of nitrogens with one attached hydrogen (secondary N) is 1. The van der Waals surface area contributed by atoms with E-state index in [0.29, 0.717) is 18.2 Å². The zero-order chi connectivity index (χ0) is 22.4. The first-order chi connectivity index (χ1) is 13.9. The number of halogens is 7. The van der Waals surface area contributed by atoms with Crippen molar-refractivity contribution in [3.63, 3.8) is 0 Å². The second kappa shape index (κ2) is 7.62. The van der Waals surface area contributed by atoms with E-state index in [2.05, 4.69) is 5.32 Å². The predicted molar refractivity (Wildman–Crippen MR) is 90.2 cm³/mol. The molecule has 1 saturated heterocycles. The van der Waals surface area contributed by atoms with Crippen LogP contribution in [0.15, 0.2) is 30.3 Å². The van der Waals surface area contributed by atoms with Crippen LogP contribution in [0.3, 0.4) is 0 Å². The normalized spacial score (nSPS) is 19.3. The third-order valence-corrected chi connectivity index (χ3v) is 4.76. The number of rotatable bonds is 3. The van der Waals surface area contributed by atoms with E-state index >= 15 is 0 Å². The largest absolute Gasteiger partial charge is 0.422 e. The summed E-state index contributed by atoms with van der Waals surface area (Å²) < 4.78 is 93.1. The van der Waals surface area contributed by atoms with Crippen molar-refractivity contribution >= 4 is 17.5 Å². The molecule has 0 aliphatic carbocycles. The van der Waals surface area contributed by atoms with Gasteiger partial charge in [0.05, 0.1) is 5.69 Å². The Labute approximate surface area is 165 Å². The fourth-order valence-corrected chi connectivity index (χ4v) is 3.37. The molecular formula is C19H13F7N2O2. The monoisotopic (exact) mass is 434 g/mol. The van der Waals surface area contributed by atoms with Crippen LogP contribution in [-0.4, -0.2) is 30.3 Å². The molecule has 4 nitrogen and oxygen atoms in total. The number of anilines is 1. The summed E-state index contributed by atoms with van der Waals surface area (Å²) in [5, 5.41) is 2.10. The van der Waals surface area contributed by atoms with Crippen LogP contribution in [0, 0.1) is 29.2 Å². The topological polar surface area (TPSA) is 49.4 Å². The maximum absolute atomic E-state index is 14.0. The molecule has 1 aliphatic heterocycles. The Morgan fingerprint density at radius 3 is 2.17 bits per heavy atom. The van der Waals surface area contributed by atoms with E-state index < -0.39 is 64.3 Å². The average molecular weight is 434 g/mol. The molecule has 1 fully saturated rings. The summed E-state index contributed by atoms with van der Waals surface area (Å²) in [7, 11) is 1.29. The summed E-state index contributed by atoms with van der Waals surface area (Å²) in [5.41, 5.74) is -2.86. The van der Waals surface area contributed by atoms with Gasteiger partial charge in [0.2, 0.25) is 11.8 Å². The minimum Gasteiger partial charge on any atom is -0.344 e. The number of carbonyl (C=O) groups excluding carboxylic acids is 2. The van der Waals surface area contributed by atoms with E-state index in [9.17, 15) is 40.3 Å². The molecule has 2 aromatic carbocycles. The Morgan fingerprint density at radius 1 is 1.03 bits per heavy atom. The van der Waals surface area contributed by atoms with Crippen LogP contribution >= 0.6 is 0 Å². The van der Waals surface area contributed by atoms with E-state index in [4.69, 9.17) is 0 Å². The number of nitrogens with zero attached hydrogens (tertiary/aromatic N) is 1. The van der Waals surface area contributed by atoms with Gasteiger partial charge in [-0.1, -0.05) is 0 Å². The van der Waals surface area contributed by atoms with E-state index in [-0.39, 0.29) is 12.1 Å². The van der Waals surface area contributed by atoms with Gasteiger partial charge in [0.15, 0.2) is 0 Å². The summed E-state index contributed by atoms with van der Waals surface area (Å²) in [5.74, 6) is -10.4. The minimum absolute atomic E-state index is 0.215. The van der Waals surface area contributed by atoms with Crippen LogP contribution in [0.4, 0.5) is 36.4 Å². The first-order valence-electron chi connectivity index (χ1n) is 8.47. The molecule has 2 atom stereocenters. The zero-order valence-electron chi connectivity index (χ0n) is 15.2. The summed E-state index contributed by atoms with van der Waals surface area (Å²) in [6.07, 6.45) is -5.27. The van der Waals surface area contributed by atoms with Crippen molar-refractivity contribution in [3.05, 3.63) is 64.7 Å². The van der Waals surface area contributed by atoms with Crippen LogP contribution in [0.25, 0.3) is 0 Å². The first-order valence-corrected chi connectivity index (χ1v) is 8.47. The van der Waals surface area contributed by atoms with Crippen molar-refractivity contribution in [1.82, 2.24) is 4.90 Å². The fourth-order valence-electron chi connectivity index (χ4n) is 3.37. The maximum Gasteiger partial charge on any atom is 0.422 e. The van der Waals surface area contributed by atoms with Crippen molar-refractivity contribution in [3.8, 4) is 0 Å². The number of hydrogen-bond donors (Lipinski definition) is 1. The molecule has 1 aliphatic rings. The van der Waals surface area contributed by atoms with Gasteiger partial charge in [-0.15, -0.1) is 0 Å². The number of alkyl halides is 3. The molecule has 0 unspecified atom stereocenters. The lowest BCUT2D eigenvalue weighted by Crippen LogP contribution is -2.33. The quantitative estimate of drug-likeness (QED) is 0.585. The molecule has 0 spiro atoms. The van der Waals surface area contributed by atoms with Crippen molar-refractivity contribution in [2.75, 3.05) is 18.9 Å². The van der Waals surface area contributed by atoms with E-state index in [1.807, 2.05) is 0 Å². The van der Waals surface area contributed by atoms with Crippen LogP contribution in [0.1, 0.15) is 17.0 Å². The van der Waals surface area contributed by atoms with Crippen molar-refractivity contribution < 1.29 is 40.3 Å². The minimum atomic E-state index is -5.27. The smallest absolute Gasteiger partial charge is 0.344 e. The average Bonchev–Trinajstić information content (AvgIpc) is 2.90. The van der Waals surface area contributed by atoms with Gasteiger partial charge >= 0.3 is 6.18 Å². The third-order valence-electron chi connectivity index (χ3n) is 4.76. The van der Waals surface area contributed by atoms with Gasteiger partial charge < -0.3 is 10.2 Å². The van der Waals surface area contributed by atoms with Gasteiger partial charge in [-0.3, -0.25) is 9.59 Å². The molecule has 2 amide bonds. The molecular weight excluding hydrogens is 421 g/mol. The number of likely N-dealkylation sites (N-methyl/N-ethyl adjacent to an activating group) is 1. The van der Waals surface area contributed by atoms with Gasteiger partial charge in [-0.25, -0.2) is 17.6 Å². The maximum atomic E-state index is 14.0. The zero-order valence-corrected chi connectivity index (χ0v) is 15.2. The predicted octanol–water partition coefficient (Wildman–Crippen LogP) is 4.07. The van der Waals surface area contributed by atoms with Crippen molar-refractivity contribution in [1.29, 1.82) is 0 Å². The lowest BCUT2D eigenvalue weighted by Gasteiger charge is -2.19. The lowest BCUT2D eigenvalue weighted by molar-refractivity contribution is -0.142. The number of benzene rings is 2. The Kier molecular flexibility index (Phi) is 5.48. The molecule has 0 bridgehead atoms. The van der Waals surface area contributed by atoms with E-state index in [1.54, 1.807) is 0 Å². The molecule has 11 heteroatoms. The van der Waals surface area contributed by atoms with E-state index in [0.717, 1.165) is 17.0 Å². The molecule has 2 aromatic rings. The number of hydrogen-bond acceptors (Lipinski definition) is 2. The van der Waals surface area contributed by atoms with Gasteiger partial charge in [0, 0.05) is 25.6 Å². The highest BCUT2D eigenvalue weighted by Gasteiger charge is 2.46. The summed E-state index contributed by atoms with van der Waals surface area (Å²) in [4.78, 5) is 26.1. The first kappa shape index (κ1) is 21.6. The van der Waals surface area contributed by atoms with Crippen molar-refractivity contribution in [2.24, 2.45) is 5.92 Å². The third kappa shape index (κ3) is 3.96. The Balaban J connectivity index is 1.96. The molecule has 160 valence electrons. The molecule has 3 rings (SSSR count). The molecule has 30 heavy (non-hydrogen) atoms. The van der Waals surface area contributed by atoms with Crippen LogP contribution in [0.2, 0.25) is 0 Å². The summed E-state index contributed by atoms with van der Waals surface area (Å²) in [6, 6.07) is 3.11. The molecule has 0 aromatic heterocycles. The standard InChI is InChI=1S/C19H13F7N2O2/c1-28-7-10(8-4-12(22)16(13(23)5-8)19(24,25)26)15(18(28)30)17(29)27-14-3-2-9(20)6-11(14)21/h2-6,10,15H,7H2,1H3,(H,27,29)/t10-,15+/m1/s1. The summed E-state index contributed by atoms with van der Waals surface area (Å²) >= 11 is 0. The highest BCUT2D eigenvalue weighted by atomic mass is 19.4. The Morgan fingerprint density at radius 2 is 1.63 bits per heavy atom. The number of carbonyl (C=O) groups is 2. The highest BCUT2D eigenvalue weighted by Crippen LogP contribution is 2.39.